The van der Waals surface area contributed by atoms with Crippen LogP contribution in [0.4, 0.5) is 0 Å². The molecule has 0 spiro atoms. The lowest BCUT2D eigenvalue weighted by atomic mass is 10.2. The molecule has 0 rings (SSSR count). The second kappa shape index (κ2) is 4.39. The summed E-state index contributed by atoms with van der Waals surface area (Å²) in [7, 11) is 0. The Balaban J connectivity index is 3.51. The Bertz CT molecular complexity index is 152. The Labute approximate surface area is 71.1 Å². The number of nitrogens with two attached hydrogens (primary N) is 1. The average molecular weight is 177 g/mol. The predicted octanol–water partition coefficient (Wildman–Crippen LogP) is -0.814. The lowest BCUT2D eigenvalue weighted by Crippen LogP contribution is -2.37. The van der Waals surface area contributed by atoms with Crippen molar-refractivity contribution in [1.29, 1.82) is 0 Å². The minimum atomic E-state index is -1.11. The third-order valence-corrected chi connectivity index (χ3v) is 1.07. The molecule has 0 aliphatic rings. The summed E-state index contributed by atoms with van der Waals surface area (Å²) >= 11 is 0. The van der Waals surface area contributed by atoms with Gasteiger partial charge in [-0.1, -0.05) is 0 Å². The summed E-state index contributed by atoms with van der Waals surface area (Å²) in [6, 6.07) is -1.02. The standard InChI is InChI=1S/C7H15NO4/c1-7(2,11)4-12-3-5(8)6(9)10/h5,11H,3-4,8H2,1-2H3,(H,9,10). The fraction of sp³-hybridized carbons (Fsp3) is 0.857. The van der Waals surface area contributed by atoms with E-state index in [-0.39, 0.29) is 13.2 Å². The first kappa shape index (κ1) is 11.4. The second-order valence-corrected chi connectivity index (χ2v) is 3.27. The van der Waals surface area contributed by atoms with E-state index < -0.39 is 17.6 Å². The van der Waals surface area contributed by atoms with Crippen LogP contribution in [0.15, 0.2) is 0 Å². The van der Waals surface area contributed by atoms with E-state index in [0.717, 1.165) is 0 Å². The van der Waals surface area contributed by atoms with Gasteiger partial charge in [0.2, 0.25) is 0 Å². The lowest BCUT2D eigenvalue weighted by Gasteiger charge is -2.17. The van der Waals surface area contributed by atoms with Crippen molar-refractivity contribution in [3.8, 4) is 0 Å². The van der Waals surface area contributed by atoms with E-state index in [4.69, 9.17) is 20.7 Å². The number of hydrogen-bond acceptors (Lipinski definition) is 4. The summed E-state index contributed by atoms with van der Waals surface area (Å²) in [6.45, 7) is 3.13. The van der Waals surface area contributed by atoms with Crippen LogP contribution in [0.3, 0.4) is 0 Å². The third kappa shape index (κ3) is 6.09. The maximum absolute atomic E-state index is 10.2. The molecule has 0 aromatic carbocycles. The zero-order valence-corrected chi connectivity index (χ0v) is 7.28. The van der Waals surface area contributed by atoms with Crippen LogP contribution in [0, 0.1) is 0 Å². The molecule has 0 saturated heterocycles. The summed E-state index contributed by atoms with van der Waals surface area (Å²) in [4.78, 5) is 10.2. The first-order valence-electron chi connectivity index (χ1n) is 3.61. The summed E-state index contributed by atoms with van der Waals surface area (Å²) in [5.74, 6) is -1.11. The van der Waals surface area contributed by atoms with Gasteiger partial charge in [0, 0.05) is 0 Å². The summed E-state index contributed by atoms with van der Waals surface area (Å²) in [5.41, 5.74) is 4.19. The molecule has 4 N–H and O–H groups in total. The Hall–Kier alpha value is -0.650. The summed E-state index contributed by atoms with van der Waals surface area (Å²) in [6.07, 6.45) is 0. The monoisotopic (exact) mass is 177 g/mol. The fourth-order valence-corrected chi connectivity index (χ4v) is 0.507. The van der Waals surface area contributed by atoms with Gasteiger partial charge in [0.1, 0.15) is 6.04 Å². The molecule has 0 heterocycles. The van der Waals surface area contributed by atoms with E-state index in [1.54, 1.807) is 13.8 Å². The zero-order valence-electron chi connectivity index (χ0n) is 7.28. The molecule has 0 aliphatic heterocycles. The molecular formula is C7H15NO4. The first-order chi connectivity index (χ1) is 5.33. The molecule has 1 unspecified atom stereocenters. The molecule has 0 saturated carbocycles. The van der Waals surface area contributed by atoms with Gasteiger partial charge in [0.15, 0.2) is 0 Å². The van der Waals surface area contributed by atoms with Crippen LogP contribution < -0.4 is 5.73 Å². The molecule has 0 amide bonds. The molecule has 12 heavy (non-hydrogen) atoms. The Morgan fingerprint density at radius 2 is 2.17 bits per heavy atom. The van der Waals surface area contributed by atoms with Gasteiger partial charge in [-0.15, -0.1) is 0 Å². The average Bonchev–Trinajstić information content (AvgIpc) is 1.84. The van der Waals surface area contributed by atoms with Crippen LogP contribution in [0.1, 0.15) is 13.8 Å². The minimum absolute atomic E-state index is 0.0774. The maximum Gasteiger partial charge on any atom is 0.322 e. The third-order valence-electron chi connectivity index (χ3n) is 1.07. The summed E-state index contributed by atoms with van der Waals surface area (Å²) in [5, 5.41) is 17.5. The first-order valence-corrected chi connectivity index (χ1v) is 3.61. The van der Waals surface area contributed by atoms with Crippen LogP contribution in [0.25, 0.3) is 0 Å². The van der Waals surface area contributed by atoms with Gasteiger partial charge in [-0.05, 0) is 13.8 Å². The van der Waals surface area contributed by atoms with Crippen molar-refractivity contribution < 1.29 is 19.7 Å². The Morgan fingerprint density at radius 1 is 1.67 bits per heavy atom. The van der Waals surface area contributed by atoms with Crippen LogP contribution in [0.2, 0.25) is 0 Å². The molecule has 5 heteroatoms. The SMILES string of the molecule is CC(C)(O)COCC(N)C(=O)O. The molecule has 0 bridgehead atoms. The highest BCUT2D eigenvalue weighted by atomic mass is 16.5. The highest BCUT2D eigenvalue weighted by molar-refractivity contribution is 5.73. The van der Waals surface area contributed by atoms with E-state index in [9.17, 15) is 4.79 Å². The topological polar surface area (TPSA) is 92.8 Å². The van der Waals surface area contributed by atoms with E-state index in [2.05, 4.69) is 0 Å². The molecule has 72 valence electrons. The smallest absolute Gasteiger partial charge is 0.322 e. The molecule has 0 radical (unpaired) electrons. The highest BCUT2D eigenvalue weighted by Crippen LogP contribution is 2.00. The molecule has 0 aromatic heterocycles. The van der Waals surface area contributed by atoms with Crippen molar-refractivity contribution in [1.82, 2.24) is 0 Å². The highest BCUT2D eigenvalue weighted by Gasteiger charge is 2.16. The minimum Gasteiger partial charge on any atom is -0.480 e. The number of aliphatic hydroxyl groups is 1. The molecule has 0 aliphatic carbocycles. The van der Waals surface area contributed by atoms with Gasteiger partial charge in [-0.25, -0.2) is 0 Å². The number of hydrogen-bond donors (Lipinski definition) is 3. The molecule has 0 aromatic rings. The summed E-state index contributed by atoms with van der Waals surface area (Å²) < 4.78 is 4.87. The molecule has 5 nitrogen and oxygen atoms in total. The number of ether oxygens (including phenoxy) is 1. The largest absolute Gasteiger partial charge is 0.480 e. The van der Waals surface area contributed by atoms with Crippen molar-refractivity contribution in [3.63, 3.8) is 0 Å². The van der Waals surface area contributed by atoms with Crippen LogP contribution in [-0.2, 0) is 9.53 Å². The van der Waals surface area contributed by atoms with Gasteiger partial charge in [-0.3, -0.25) is 4.79 Å². The van der Waals surface area contributed by atoms with E-state index >= 15 is 0 Å². The van der Waals surface area contributed by atoms with E-state index in [1.807, 2.05) is 0 Å². The maximum atomic E-state index is 10.2. The van der Waals surface area contributed by atoms with Crippen LogP contribution in [-0.4, -0.2) is 41.0 Å². The number of carbonyl (C=O) groups is 1. The molecule has 0 fully saturated rings. The number of carboxylic acids is 1. The van der Waals surface area contributed by atoms with E-state index in [1.165, 1.54) is 0 Å². The van der Waals surface area contributed by atoms with Crippen molar-refractivity contribution in [2.75, 3.05) is 13.2 Å². The van der Waals surface area contributed by atoms with Crippen molar-refractivity contribution in [3.05, 3.63) is 0 Å². The Kier molecular flexibility index (Phi) is 4.16. The number of aliphatic carboxylic acids is 1. The van der Waals surface area contributed by atoms with Crippen molar-refractivity contribution >= 4 is 5.97 Å². The van der Waals surface area contributed by atoms with E-state index in [0.29, 0.717) is 0 Å². The van der Waals surface area contributed by atoms with Gasteiger partial charge >= 0.3 is 5.97 Å². The van der Waals surface area contributed by atoms with Gasteiger partial charge < -0.3 is 20.7 Å². The number of rotatable bonds is 5. The lowest BCUT2D eigenvalue weighted by molar-refractivity contribution is -0.140. The Morgan fingerprint density at radius 3 is 2.50 bits per heavy atom. The van der Waals surface area contributed by atoms with Crippen LogP contribution >= 0.6 is 0 Å². The van der Waals surface area contributed by atoms with Gasteiger partial charge in [-0.2, -0.15) is 0 Å². The van der Waals surface area contributed by atoms with Crippen LogP contribution in [0.5, 0.6) is 0 Å². The second-order valence-electron chi connectivity index (χ2n) is 3.27. The quantitative estimate of drug-likeness (QED) is 0.510. The molecule has 1 atom stereocenters. The normalized spacial score (nSPS) is 14.3. The zero-order chi connectivity index (χ0) is 9.78. The van der Waals surface area contributed by atoms with Crippen molar-refractivity contribution in [2.45, 2.75) is 25.5 Å². The van der Waals surface area contributed by atoms with Gasteiger partial charge in [0.25, 0.3) is 0 Å². The number of carboxylic acid groups (broad SMARTS) is 1. The van der Waals surface area contributed by atoms with Crippen molar-refractivity contribution in [2.24, 2.45) is 5.73 Å². The fourth-order valence-electron chi connectivity index (χ4n) is 0.507. The predicted molar refractivity (Wildman–Crippen MR) is 42.7 cm³/mol. The molecular weight excluding hydrogens is 162 g/mol. The van der Waals surface area contributed by atoms with Gasteiger partial charge in [0.05, 0.1) is 18.8 Å².